The molecule has 1 atom stereocenters. The fourth-order valence-corrected chi connectivity index (χ4v) is 3.13. The SMILES string of the molecule is CCCOC(C)c1ccc(C(=O)Nc2cccc(Oc3cccc(C(F)(F)F)c3)c2)c(C)n1. The van der Waals surface area contributed by atoms with E-state index in [1.54, 1.807) is 37.3 Å². The van der Waals surface area contributed by atoms with Crippen LogP contribution in [0.1, 0.15) is 53.7 Å². The third kappa shape index (κ3) is 6.55. The standard InChI is InChI=1S/C25H25F3N2O3/c1-4-13-32-17(3)23-12-11-22(16(2)29-23)24(31)30-19-8-6-10-21(15-19)33-20-9-5-7-18(14-20)25(26,27)28/h5-12,14-15,17H,4,13H2,1-3H3,(H,30,31). The summed E-state index contributed by atoms with van der Waals surface area (Å²) < 4.78 is 50.0. The summed E-state index contributed by atoms with van der Waals surface area (Å²) in [6.07, 6.45) is -3.73. The van der Waals surface area contributed by atoms with Crippen molar-refractivity contribution in [1.29, 1.82) is 0 Å². The summed E-state index contributed by atoms with van der Waals surface area (Å²) in [5.41, 5.74) is 1.35. The first kappa shape index (κ1) is 24.3. The first-order chi connectivity index (χ1) is 15.7. The van der Waals surface area contributed by atoms with Crippen LogP contribution in [0.5, 0.6) is 11.5 Å². The Hall–Kier alpha value is -3.39. The molecule has 0 saturated carbocycles. The molecular weight excluding hydrogens is 433 g/mol. The Morgan fingerprint density at radius 1 is 1.06 bits per heavy atom. The van der Waals surface area contributed by atoms with E-state index in [9.17, 15) is 18.0 Å². The number of halogens is 3. The Labute approximate surface area is 190 Å². The molecule has 174 valence electrons. The lowest BCUT2D eigenvalue weighted by atomic mass is 10.1. The number of hydrogen-bond acceptors (Lipinski definition) is 4. The summed E-state index contributed by atoms with van der Waals surface area (Å²) in [6.45, 7) is 6.31. The van der Waals surface area contributed by atoms with Gasteiger partial charge in [0.1, 0.15) is 11.5 Å². The second-order valence-corrected chi connectivity index (χ2v) is 7.49. The van der Waals surface area contributed by atoms with E-state index in [4.69, 9.17) is 9.47 Å². The molecule has 1 amide bonds. The fraction of sp³-hybridized carbons (Fsp3) is 0.280. The lowest BCUT2D eigenvalue weighted by Gasteiger charge is -2.14. The smallest absolute Gasteiger partial charge is 0.416 e. The number of rotatable bonds is 8. The molecule has 1 heterocycles. The van der Waals surface area contributed by atoms with E-state index in [-0.39, 0.29) is 17.8 Å². The highest BCUT2D eigenvalue weighted by Crippen LogP contribution is 2.33. The van der Waals surface area contributed by atoms with E-state index in [1.807, 2.05) is 13.8 Å². The largest absolute Gasteiger partial charge is 0.457 e. The monoisotopic (exact) mass is 458 g/mol. The zero-order chi connectivity index (χ0) is 24.0. The van der Waals surface area contributed by atoms with Gasteiger partial charge >= 0.3 is 6.18 Å². The van der Waals surface area contributed by atoms with Crippen molar-refractivity contribution < 1.29 is 27.4 Å². The van der Waals surface area contributed by atoms with Gasteiger partial charge in [0, 0.05) is 18.4 Å². The van der Waals surface area contributed by atoms with Gasteiger partial charge in [-0.3, -0.25) is 9.78 Å². The number of benzene rings is 2. The number of carbonyl (C=O) groups is 1. The number of ether oxygens (including phenoxy) is 2. The molecule has 0 bridgehead atoms. The number of anilines is 1. The highest BCUT2D eigenvalue weighted by Gasteiger charge is 2.30. The molecule has 2 aromatic carbocycles. The molecule has 1 unspecified atom stereocenters. The molecule has 3 aromatic rings. The van der Waals surface area contributed by atoms with Gasteiger partial charge in [0.15, 0.2) is 0 Å². The number of aromatic nitrogens is 1. The van der Waals surface area contributed by atoms with Crippen LogP contribution in [-0.4, -0.2) is 17.5 Å². The first-order valence-corrected chi connectivity index (χ1v) is 10.5. The van der Waals surface area contributed by atoms with Crippen LogP contribution < -0.4 is 10.1 Å². The van der Waals surface area contributed by atoms with Gasteiger partial charge in [-0.15, -0.1) is 0 Å². The molecule has 33 heavy (non-hydrogen) atoms. The molecule has 0 fully saturated rings. The molecule has 0 aliphatic heterocycles. The number of aryl methyl sites for hydroxylation is 1. The minimum absolute atomic E-state index is 0.0448. The van der Waals surface area contributed by atoms with E-state index in [2.05, 4.69) is 10.3 Å². The molecule has 8 heteroatoms. The minimum atomic E-state index is -4.46. The number of nitrogens with zero attached hydrogens (tertiary/aromatic N) is 1. The predicted molar refractivity (Wildman–Crippen MR) is 120 cm³/mol. The van der Waals surface area contributed by atoms with Crippen molar-refractivity contribution in [3.63, 3.8) is 0 Å². The predicted octanol–water partition coefficient (Wildman–Crippen LogP) is 6.94. The quantitative estimate of drug-likeness (QED) is 0.397. The van der Waals surface area contributed by atoms with Gasteiger partial charge in [-0.25, -0.2) is 0 Å². The highest BCUT2D eigenvalue weighted by atomic mass is 19.4. The van der Waals surface area contributed by atoms with Crippen LogP contribution in [-0.2, 0) is 10.9 Å². The Balaban J connectivity index is 1.71. The van der Waals surface area contributed by atoms with Crippen molar-refractivity contribution in [2.45, 2.75) is 39.5 Å². The van der Waals surface area contributed by atoms with E-state index in [1.165, 1.54) is 18.2 Å². The first-order valence-electron chi connectivity index (χ1n) is 10.5. The molecule has 0 spiro atoms. The second kappa shape index (κ2) is 10.5. The number of nitrogens with one attached hydrogen (secondary N) is 1. The zero-order valence-electron chi connectivity index (χ0n) is 18.6. The Morgan fingerprint density at radius 2 is 1.76 bits per heavy atom. The van der Waals surface area contributed by atoms with Crippen LogP contribution in [0.4, 0.5) is 18.9 Å². The maximum absolute atomic E-state index is 12.9. The Bertz CT molecular complexity index is 1120. The molecule has 0 saturated heterocycles. The van der Waals surface area contributed by atoms with Gasteiger partial charge in [-0.1, -0.05) is 19.1 Å². The average Bonchev–Trinajstić information content (AvgIpc) is 2.77. The van der Waals surface area contributed by atoms with E-state index in [0.29, 0.717) is 29.3 Å². The van der Waals surface area contributed by atoms with Crippen molar-refractivity contribution in [1.82, 2.24) is 4.98 Å². The van der Waals surface area contributed by atoms with Gasteiger partial charge in [0.25, 0.3) is 5.91 Å². The number of pyridine rings is 1. The van der Waals surface area contributed by atoms with Crippen LogP contribution in [0.15, 0.2) is 60.7 Å². The Kier molecular flexibility index (Phi) is 7.71. The molecule has 1 N–H and O–H groups in total. The topological polar surface area (TPSA) is 60.5 Å². The summed E-state index contributed by atoms with van der Waals surface area (Å²) in [5.74, 6) is -0.0209. The maximum atomic E-state index is 12.9. The highest BCUT2D eigenvalue weighted by molar-refractivity contribution is 6.05. The number of carbonyl (C=O) groups excluding carboxylic acids is 1. The maximum Gasteiger partial charge on any atom is 0.416 e. The fourth-order valence-electron chi connectivity index (χ4n) is 3.13. The van der Waals surface area contributed by atoms with Crippen LogP contribution in [0.3, 0.4) is 0 Å². The summed E-state index contributed by atoms with van der Waals surface area (Å²) in [5, 5.41) is 2.77. The molecule has 3 rings (SSSR count). The lowest BCUT2D eigenvalue weighted by molar-refractivity contribution is -0.137. The number of hydrogen-bond donors (Lipinski definition) is 1. The van der Waals surface area contributed by atoms with Gasteiger partial charge in [-0.05, 0) is 62.7 Å². The molecule has 0 aliphatic carbocycles. The van der Waals surface area contributed by atoms with Gasteiger partial charge in [0.2, 0.25) is 0 Å². The van der Waals surface area contributed by atoms with Crippen molar-refractivity contribution in [2.75, 3.05) is 11.9 Å². The van der Waals surface area contributed by atoms with Gasteiger partial charge in [0.05, 0.1) is 28.6 Å². The third-order valence-electron chi connectivity index (χ3n) is 4.83. The van der Waals surface area contributed by atoms with Gasteiger partial charge in [-0.2, -0.15) is 13.2 Å². The summed E-state index contributed by atoms with van der Waals surface area (Å²) in [4.78, 5) is 17.3. The molecule has 0 radical (unpaired) electrons. The molecule has 0 aliphatic rings. The van der Waals surface area contributed by atoms with Crippen LogP contribution in [0.25, 0.3) is 0 Å². The zero-order valence-corrected chi connectivity index (χ0v) is 18.6. The van der Waals surface area contributed by atoms with E-state index >= 15 is 0 Å². The second-order valence-electron chi connectivity index (χ2n) is 7.49. The minimum Gasteiger partial charge on any atom is -0.457 e. The number of alkyl halides is 3. The van der Waals surface area contributed by atoms with Crippen LogP contribution in [0.2, 0.25) is 0 Å². The van der Waals surface area contributed by atoms with Crippen LogP contribution in [0, 0.1) is 6.92 Å². The van der Waals surface area contributed by atoms with E-state index < -0.39 is 11.7 Å². The summed E-state index contributed by atoms with van der Waals surface area (Å²) in [7, 11) is 0. The molecule has 1 aromatic heterocycles. The lowest BCUT2D eigenvalue weighted by Crippen LogP contribution is -2.15. The van der Waals surface area contributed by atoms with Crippen molar-refractivity contribution in [2.24, 2.45) is 0 Å². The van der Waals surface area contributed by atoms with Crippen molar-refractivity contribution in [3.05, 3.63) is 83.2 Å². The third-order valence-corrected chi connectivity index (χ3v) is 4.83. The molecule has 5 nitrogen and oxygen atoms in total. The van der Waals surface area contributed by atoms with Crippen LogP contribution >= 0.6 is 0 Å². The molecular formula is C25H25F3N2O3. The average molecular weight is 458 g/mol. The Morgan fingerprint density at radius 3 is 2.42 bits per heavy atom. The van der Waals surface area contributed by atoms with Gasteiger partial charge < -0.3 is 14.8 Å². The van der Waals surface area contributed by atoms with E-state index in [0.717, 1.165) is 24.2 Å². The van der Waals surface area contributed by atoms with Crippen molar-refractivity contribution >= 4 is 11.6 Å². The van der Waals surface area contributed by atoms with Crippen molar-refractivity contribution in [3.8, 4) is 11.5 Å². The summed E-state index contributed by atoms with van der Waals surface area (Å²) in [6, 6.07) is 14.5. The normalized spacial score (nSPS) is 12.3. The number of amides is 1. The summed E-state index contributed by atoms with van der Waals surface area (Å²) >= 11 is 0.